The van der Waals surface area contributed by atoms with E-state index in [1.807, 2.05) is 13.8 Å². The topological polar surface area (TPSA) is 60.4 Å². The zero-order valence-corrected chi connectivity index (χ0v) is 12.9. The highest BCUT2D eigenvalue weighted by Gasteiger charge is 2.33. The lowest BCUT2D eigenvalue weighted by atomic mass is 9.82. The normalized spacial score (nSPS) is 13.2. The Balaban J connectivity index is 4.92. The number of Topliss-reactive ketones (excluding diaryl/α,β-unsaturated/α-hetero) is 2. The van der Waals surface area contributed by atoms with E-state index in [-0.39, 0.29) is 30.5 Å². The standard InChI is InChI=1S/C15H26O4/c1-7-19-14(18)11(12(16)8-10(2)3)9-13(17)15(4,5)6/h10-11H,7-9H2,1-6H3. The predicted molar refractivity (Wildman–Crippen MR) is 73.7 cm³/mol. The first-order valence-electron chi connectivity index (χ1n) is 6.82. The van der Waals surface area contributed by atoms with Crippen molar-refractivity contribution < 1.29 is 19.1 Å². The zero-order chi connectivity index (χ0) is 15.2. The average molecular weight is 270 g/mol. The lowest BCUT2D eigenvalue weighted by Crippen LogP contribution is -2.33. The third-order valence-corrected chi connectivity index (χ3v) is 2.80. The maximum atomic E-state index is 12.1. The van der Waals surface area contributed by atoms with Gasteiger partial charge in [-0.15, -0.1) is 0 Å². The van der Waals surface area contributed by atoms with E-state index in [0.29, 0.717) is 6.42 Å². The van der Waals surface area contributed by atoms with Gasteiger partial charge in [0.05, 0.1) is 6.61 Å². The summed E-state index contributed by atoms with van der Waals surface area (Å²) in [4.78, 5) is 35.9. The molecular formula is C15H26O4. The molecule has 0 radical (unpaired) electrons. The molecule has 0 rings (SSSR count). The van der Waals surface area contributed by atoms with Gasteiger partial charge < -0.3 is 4.74 Å². The van der Waals surface area contributed by atoms with Crippen LogP contribution in [0, 0.1) is 17.3 Å². The highest BCUT2D eigenvalue weighted by Crippen LogP contribution is 2.22. The smallest absolute Gasteiger partial charge is 0.316 e. The van der Waals surface area contributed by atoms with Crippen LogP contribution in [0.1, 0.15) is 54.4 Å². The maximum Gasteiger partial charge on any atom is 0.316 e. The molecule has 0 aliphatic carbocycles. The summed E-state index contributed by atoms with van der Waals surface area (Å²) in [6.07, 6.45) is 0.231. The zero-order valence-electron chi connectivity index (χ0n) is 12.9. The molecule has 0 aliphatic rings. The van der Waals surface area contributed by atoms with Gasteiger partial charge in [-0.05, 0) is 12.8 Å². The van der Waals surface area contributed by atoms with Gasteiger partial charge in [-0.2, -0.15) is 0 Å². The second kappa shape index (κ2) is 7.41. The van der Waals surface area contributed by atoms with Gasteiger partial charge in [-0.25, -0.2) is 0 Å². The van der Waals surface area contributed by atoms with Crippen molar-refractivity contribution in [2.75, 3.05) is 6.61 Å². The van der Waals surface area contributed by atoms with Gasteiger partial charge in [-0.3, -0.25) is 14.4 Å². The minimum absolute atomic E-state index is 0.0616. The summed E-state index contributed by atoms with van der Waals surface area (Å²) in [5, 5.41) is 0. The van der Waals surface area contributed by atoms with Gasteiger partial charge in [0.25, 0.3) is 0 Å². The monoisotopic (exact) mass is 270 g/mol. The molecule has 19 heavy (non-hydrogen) atoms. The lowest BCUT2D eigenvalue weighted by Gasteiger charge is -2.21. The Kier molecular flexibility index (Phi) is 6.95. The van der Waals surface area contributed by atoms with Crippen LogP contribution in [0.2, 0.25) is 0 Å². The molecule has 0 bridgehead atoms. The fourth-order valence-corrected chi connectivity index (χ4v) is 1.61. The SMILES string of the molecule is CCOC(=O)C(CC(=O)C(C)(C)C)C(=O)CC(C)C. The van der Waals surface area contributed by atoms with Crippen LogP contribution in [0.3, 0.4) is 0 Å². The molecule has 0 saturated carbocycles. The van der Waals surface area contributed by atoms with Gasteiger partial charge in [0.1, 0.15) is 17.5 Å². The van der Waals surface area contributed by atoms with Gasteiger partial charge >= 0.3 is 5.97 Å². The number of esters is 1. The Hall–Kier alpha value is -1.19. The summed E-state index contributed by atoms with van der Waals surface area (Å²) < 4.78 is 4.91. The van der Waals surface area contributed by atoms with Crippen LogP contribution >= 0.6 is 0 Å². The van der Waals surface area contributed by atoms with E-state index in [9.17, 15) is 14.4 Å². The van der Waals surface area contributed by atoms with Crippen molar-refractivity contribution in [3.8, 4) is 0 Å². The summed E-state index contributed by atoms with van der Waals surface area (Å²) in [7, 11) is 0. The van der Waals surface area contributed by atoms with Crippen molar-refractivity contribution in [2.24, 2.45) is 17.3 Å². The van der Waals surface area contributed by atoms with Crippen LogP contribution in [-0.4, -0.2) is 24.1 Å². The Morgan fingerprint density at radius 1 is 1.05 bits per heavy atom. The van der Waals surface area contributed by atoms with E-state index < -0.39 is 17.3 Å². The quantitative estimate of drug-likeness (QED) is 0.527. The van der Waals surface area contributed by atoms with Crippen molar-refractivity contribution in [3.63, 3.8) is 0 Å². The molecule has 0 aromatic rings. The van der Waals surface area contributed by atoms with E-state index in [4.69, 9.17) is 4.74 Å². The Morgan fingerprint density at radius 3 is 1.95 bits per heavy atom. The van der Waals surface area contributed by atoms with Crippen LogP contribution in [0.15, 0.2) is 0 Å². The number of carbonyl (C=O) groups is 3. The van der Waals surface area contributed by atoms with Gasteiger partial charge in [-0.1, -0.05) is 34.6 Å². The predicted octanol–water partition coefficient (Wildman–Crippen LogP) is 2.79. The number of rotatable bonds is 7. The maximum absolute atomic E-state index is 12.1. The highest BCUT2D eigenvalue weighted by molar-refractivity contribution is 6.03. The molecule has 0 aliphatic heterocycles. The molecule has 4 heteroatoms. The van der Waals surface area contributed by atoms with E-state index in [2.05, 4.69) is 0 Å². The Labute approximate surface area is 115 Å². The molecule has 0 aromatic heterocycles. The molecular weight excluding hydrogens is 244 g/mol. The molecule has 4 nitrogen and oxygen atoms in total. The second-order valence-electron chi connectivity index (χ2n) is 6.25. The number of ketones is 2. The van der Waals surface area contributed by atoms with Crippen LogP contribution in [-0.2, 0) is 19.1 Å². The number of ether oxygens (including phenoxy) is 1. The summed E-state index contributed by atoms with van der Waals surface area (Å²) in [6, 6.07) is 0. The van der Waals surface area contributed by atoms with Crippen molar-refractivity contribution in [1.29, 1.82) is 0 Å². The number of hydrogen-bond acceptors (Lipinski definition) is 4. The fourth-order valence-electron chi connectivity index (χ4n) is 1.61. The van der Waals surface area contributed by atoms with Crippen molar-refractivity contribution >= 4 is 17.5 Å². The molecule has 0 amide bonds. The van der Waals surface area contributed by atoms with Crippen LogP contribution in [0.25, 0.3) is 0 Å². The van der Waals surface area contributed by atoms with E-state index >= 15 is 0 Å². The molecule has 1 unspecified atom stereocenters. The van der Waals surface area contributed by atoms with Crippen LogP contribution < -0.4 is 0 Å². The lowest BCUT2D eigenvalue weighted by molar-refractivity contribution is -0.154. The molecule has 0 spiro atoms. The first-order chi connectivity index (χ1) is 8.59. The molecule has 0 N–H and O–H groups in total. The van der Waals surface area contributed by atoms with Gasteiger partial charge in [0.2, 0.25) is 0 Å². The van der Waals surface area contributed by atoms with Crippen molar-refractivity contribution in [2.45, 2.75) is 54.4 Å². The Bertz CT molecular complexity index is 337. The summed E-state index contributed by atoms with van der Waals surface area (Å²) >= 11 is 0. The summed E-state index contributed by atoms with van der Waals surface area (Å²) in [5.41, 5.74) is -0.553. The number of hydrogen-bond donors (Lipinski definition) is 0. The summed E-state index contributed by atoms with van der Waals surface area (Å²) in [6.45, 7) is 11.1. The molecule has 0 fully saturated rings. The van der Waals surface area contributed by atoms with Crippen molar-refractivity contribution in [3.05, 3.63) is 0 Å². The fraction of sp³-hybridized carbons (Fsp3) is 0.800. The van der Waals surface area contributed by atoms with E-state index in [1.165, 1.54) is 0 Å². The minimum Gasteiger partial charge on any atom is -0.465 e. The average Bonchev–Trinajstić information content (AvgIpc) is 2.22. The first kappa shape index (κ1) is 17.8. The van der Waals surface area contributed by atoms with Crippen molar-refractivity contribution in [1.82, 2.24) is 0 Å². The third kappa shape index (κ3) is 6.50. The number of carbonyl (C=O) groups excluding carboxylic acids is 3. The van der Waals surface area contributed by atoms with Crippen LogP contribution in [0.4, 0.5) is 0 Å². The second-order valence-corrected chi connectivity index (χ2v) is 6.25. The molecule has 0 saturated heterocycles. The highest BCUT2D eigenvalue weighted by atomic mass is 16.5. The van der Waals surface area contributed by atoms with Gasteiger partial charge in [0.15, 0.2) is 0 Å². The minimum atomic E-state index is -0.950. The van der Waals surface area contributed by atoms with E-state index in [1.54, 1.807) is 27.7 Å². The first-order valence-corrected chi connectivity index (χ1v) is 6.82. The molecule has 0 heterocycles. The molecule has 1 atom stereocenters. The summed E-state index contributed by atoms with van der Waals surface area (Å²) in [5.74, 6) is -1.66. The Morgan fingerprint density at radius 2 is 1.58 bits per heavy atom. The van der Waals surface area contributed by atoms with Gasteiger partial charge in [0, 0.05) is 18.3 Å². The van der Waals surface area contributed by atoms with Crippen LogP contribution in [0.5, 0.6) is 0 Å². The molecule has 0 aromatic carbocycles. The van der Waals surface area contributed by atoms with E-state index in [0.717, 1.165) is 0 Å². The largest absolute Gasteiger partial charge is 0.465 e. The third-order valence-electron chi connectivity index (χ3n) is 2.80. The molecule has 110 valence electrons.